The quantitative estimate of drug-likeness (QED) is 0.637. The summed E-state index contributed by atoms with van der Waals surface area (Å²) in [7, 11) is 3.71. The van der Waals surface area contributed by atoms with Crippen molar-refractivity contribution in [3.05, 3.63) is 11.1 Å². The van der Waals surface area contributed by atoms with Crippen LogP contribution >= 0.6 is 11.3 Å². The standard InChI is InChI=1S/C18H31N5O2S/c1-12(23(2)3)16(24)22-15(9-13-7-5-4-6-8-13)17(25)20-10-14-11-21-18(19)26-14/h11-13,15H,4-10H2,1-3H3,(H2,19,21)(H,20,25)(H,22,24)/t12-,15-/m0/s1. The number of nitrogen functional groups attached to an aromatic ring is 1. The number of likely N-dealkylation sites (N-methyl/N-ethyl adjacent to an activating group) is 1. The highest BCUT2D eigenvalue weighted by Gasteiger charge is 2.27. The van der Waals surface area contributed by atoms with Crippen molar-refractivity contribution in [2.24, 2.45) is 5.92 Å². The molecule has 7 nitrogen and oxygen atoms in total. The first kappa shape index (κ1) is 20.6. The van der Waals surface area contributed by atoms with E-state index in [4.69, 9.17) is 5.73 Å². The van der Waals surface area contributed by atoms with Gasteiger partial charge in [-0.2, -0.15) is 0 Å². The third-order valence-electron chi connectivity index (χ3n) is 5.09. The van der Waals surface area contributed by atoms with Gasteiger partial charge < -0.3 is 16.4 Å². The summed E-state index contributed by atoms with van der Waals surface area (Å²) in [6, 6.07) is -0.781. The Morgan fingerprint density at radius 1 is 1.31 bits per heavy atom. The Balaban J connectivity index is 1.97. The van der Waals surface area contributed by atoms with E-state index in [1.165, 1.54) is 30.6 Å². The van der Waals surface area contributed by atoms with Crippen LogP contribution in [0.25, 0.3) is 0 Å². The van der Waals surface area contributed by atoms with Gasteiger partial charge in [0.15, 0.2) is 5.13 Å². The largest absolute Gasteiger partial charge is 0.375 e. The number of carbonyl (C=O) groups is 2. The molecule has 0 aliphatic heterocycles. The van der Waals surface area contributed by atoms with Crippen LogP contribution < -0.4 is 16.4 Å². The number of anilines is 1. The Hall–Kier alpha value is -1.67. The fourth-order valence-electron chi connectivity index (χ4n) is 3.22. The fourth-order valence-corrected chi connectivity index (χ4v) is 3.84. The molecule has 2 rings (SSSR count). The summed E-state index contributed by atoms with van der Waals surface area (Å²) in [4.78, 5) is 31.9. The number of amides is 2. The average molecular weight is 382 g/mol. The lowest BCUT2D eigenvalue weighted by Gasteiger charge is -2.28. The number of nitrogens with two attached hydrogens (primary N) is 1. The van der Waals surface area contributed by atoms with E-state index in [9.17, 15) is 9.59 Å². The molecule has 1 aliphatic rings. The lowest BCUT2D eigenvalue weighted by atomic mass is 9.84. The summed E-state index contributed by atoms with van der Waals surface area (Å²) in [6.45, 7) is 2.22. The van der Waals surface area contributed by atoms with Gasteiger partial charge in [0.05, 0.1) is 12.6 Å². The summed E-state index contributed by atoms with van der Waals surface area (Å²) < 4.78 is 0. The van der Waals surface area contributed by atoms with Gasteiger partial charge in [-0.05, 0) is 33.4 Å². The molecule has 1 aromatic rings. The van der Waals surface area contributed by atoms with E-state index in [1.54, 1.807) is 6.20 Å². The minimum Gasteiger partial charge on any atom is -0.375 e. The van der Waals surface area contributed by atoms with E-state index >= 15 is 0 Å². The summed E-state index contributed by atoms with van der Waals surface area (Å²) in [6.07, 6.45) is 8.32. The third-order valence-corrected chi connectivity index (χ3v) is 5.92. The smallest absolute Gasteiger partial charge is 0.242 e. The number of aromatic nitrogens is 1. The van der Waals surface area contributed by atoms with E-state index in [-0.39, 0.29) is 17.9 Å². The van der Waals surface area contributed by atoms with Crippen molar-refractivity contribution in [2.75, 3.05) is 19.8 Å². The molecule has 2 atom stereocenters. The van der Waals surface area contributed by atoms with Crippen LogP contribution in [0, 0.1) is 5.92 Å². The van der Waals surface area contributed by atoms with Crippen molar-refractivity contribution >= 4 is 28.3 Å². The highest BCUT2D eigenvalue weighted by Crippen LogP contribution is 2.27. The first-order valence-electron chi connectivity index (χ1n) is 9.31. The Bertz CT molecular complexity index is 598. The molecule has 146 valence electrons. The zero-order chi connectivity index (χ0) is 19.1. The molecule has 4 N–H and O–H groups in total. The molecule has 0 aromatic carbocycles. The second kappa shape index (κ2) is 9.87. The van der Waals surface area contributed by atoms with Crippen LogP contribution in [0.1, 0.15) is 50.3 Å². The molecule has 0 spiro atoms. The third kappa shape index (κ3) is 6.25. The van der Waals surface area contributed by atoms with E-state index in [2.05, 4.69) is 15.6 Å². The van der Waals surface area contributed by atoms with Gasteiger partial charge in [0.25, 0.3) is 0 Å². The Labute approximate surface area is 159 Å². The molecule has 1 heterocycles. The van der Waals surface area contributed by atoms with Crippen molar-refractivity contribution in [1.82, 2.24) is 20.5 Å². The number of hydrogen-bond acceptors (Lipinski definition) is 6. The van der Waals surface area contributed by atoms with Gasteiger partial charge in [-0.15, -0.1) is 11.3 Å². The summed E-state index contributed by atoms with van der Waals surface area (Å²) in [5.74, 6) is 0.239. The van der Waals surface area contributed by atoms with Crippen molar-refractivity contribution in [3.63, 3.8) is 0 Å². The second-order valence-electron chi connectivity index (χ2n) is 7.32. The average Bonchev–Trinajstić information content (AvgIpc) is 3.04. The number of hydrogen-bond donors (Lipinski definition) is 3. The van der Waals surface area contributed by atoms with Gasteiger partial charge in [0.2, 0.25) is 11.8 Å². The van der Waals surface area contributed by atoms with Crippen molar-refractivity contribution in [3.8, 4) is 0 Å². The maximum atomic E-state index is 12.7. The number of nitrogens with one attached hydrogen (secondary N) is 2. The molecule has 0 saturated heterocycles. The van der Waals surface area contributed by atoms with Gasteiger partial charge in [0.1, 0.15) is 6.04 Å². The first-order valence-corrected chi connectivity index (χ1v) is 10.1. The lowest BCUT2D eigenvalue weighted by molar-refractivity contribution is -0.131. The van der Waals surface area contributed by atoms with Gasteiger partial charge in [-0.1, -0.05) is 32.1 Å². The summed E-state index contributed by atoms with van der Waals surface area (Å²) in [5, 5.41) is 6.37. The van der Waals surface area contributed by atoms with Crippen LogP contribution in [-0.2, 0) is 16.1 Å². The van der Waals surface area contributed by atoms with Crippen LogP contribution in [0.5, 0.6) is 0 Å². The Kier molecular flexibility index (Phi) is 7.84. The van der Waals surface area contributed by atoms with Crippen molar-refractivity contribution in [1.29, 1.82) is 0 Å². The van der Waals surface area contributed by atoms with E-state index in [1.807, 2.05) is 25.9 Å². The van der Waals surface area contributed by atoms with Crippen LogP contribution in [0.3, 0.4) is 0 Å². The van der Waals surface area contributed by atoms with E-state index < -0.39 is 6.04 Å². The molecule has 1 fully saturated rings. The Morgan fingerprint density at radius 2 is 2.00 bits per heavy atom. The molecule has 1 saturated carbocycles. The highest BCUT2D eigenvalue weighted by molar-refractivity contribution is 7.15. The normalized spacial score (nSPS) is 17.7. The summed E-state index contributed by atoms with van der Waals surface area (Å²) in [5.41, 5.74) is 5.63. The monoisotopic (exact) mass is 381 g/mol. The molecule has 1 aromatic heterocycles. The number of nitrogens with zero attached hydrogens (tertiary/aromatic N) is 2. The van der Waals surface area contributed by atoms with E-state index in [0.717, 1.165) is 17.7 Å². The van der Waals surface area contributed by atoms with Crippen molar-refractivity contribution < 1.29 is 9.59 Å². The molecule has 2 amide bonds. The van der Waals surface area contributed by atoms with Crippen LogP contribution in [-0.4, -0.2) is 47.9 Å². The molecule has 0 unspecified atom stereocenters. The minimum absolute atomic E-state index is 0.118. The molecule has 0 radical (unpaired) electrons. The van der Waals surface area contributed by atoms with E-state index in [0.29, 0.717) is 24.0 Å². The molecule has 1 aliphatic carbocycles. The second-order valence-corrected chi connectivity index (χ2v) is 8.47. The first-order chi connectivity index (χ1) is 12.4. The topological polar surface area (TPSA) is 100 Å². The fraction of sp³-hybridized carbons (Fsp3) is 0.722. The minimum atomic E-state index is -0.502. The number of rotatable bonds is 8. The highest BCUT2D eigenvalue weighted by atomic mass is 32.1. The zero-order valence-corrected chi connectivity index (χ0v) is 16.8. The SMILES string of the molecule is C[C@@H](C(=O)N[C@@H](CC1CCCCC1)C(=O)NCc1cnc(N)s1)N(C)C. The molecule has 0 bridgehead atoms. The van der Waals surface area contributed by atoms with Crippen LogP contribution in [0.15, 0.2) is 6.20 Å². The predicted octanol–water partition coefficient (Wildman–Crippen LogP) is 1.75. The van der Waals surface area contributed by atoms with Crippen LogP contribution in [0.4, 0.5) is 5.13 Å². The number of thiazole rings is 1. The molecule has 26 heavy (non-hydrogen) atoms. The molecular formula is C18H31N5O2S. The predicted molar refractivity (Wildman–Crippen MR) is 105 cm³/mol. The van der Waals surface area contributed by atoms with Gasteiger partial charge in [-0.3, -0.25) is 14.5 Å². The Morgan fingerprint density at radius 3 is 2.58 bits per heavy atom. The zero-order valence-electron chi connectivity index (χ0n) is 16.0. The number of carbonyl (C=O) groups excluding carboxylic acids is 2. The maximum Gasteiger partial charge on any atom is 0.242 e. The molecular weight excluding hydrogens is 350 g/mol. The van der Waals surface area contributed by atoms with Gasteiger partial charge in [-0.25, -0.2) is 4.98 Å². The van der Waals surface area contributed by atoms with Crippen molar-refractivity contribution in [2.45, 2.75) is 64.1 Å². The molecule has 8 heteroatoms. The lowest BCUT2D eigenvalue weighted by Crippen LogP contribution is -2.52. The van der Waals surface area contributed by atoms with Crippen LogP contribution in [0.2, 0.25) is 0 Å². The maximum absolute atomic E-state index is 12.7. The van der Waals surface area contributed by atoms with Gasteiger partial charge >= 0.3 is 0 Å². The van der Waals surface area contributed by atoms with Gasteiger partial charge in [0, 0.05) is 11.1 Å². The summed E-state index contributed by atoms with van der Waals surface area (Å²) >= 11 is 1.36.